The summed E-state index contributed by atoms with van der Waals surface area (Å²) in [4.78, 5) is 25.6. The molecule has 1 aromatic carbocycles. The van der Waals surface area contributed by atoms with Crippen LogP contribution in [0.5, 0.6) is 5.75 Å². The Kier molecular flexibility index (Phi) is 3.34. The standard InChI is InChI=1S/C15H18N2O3/c1-10-15(19)16-12-8-11(4-5-13(12)20-10)9-14(18)17-6-2-3-7-17/h4-5,8,10H,2-3,6-7,9H2,1H3,(H,16,19). The van der Waals surface area contributed by atoms with Crippen molar-refractivity contribution in [2.45, 2.75) is 32.3 Å². The van der Waals surface area contributed by atoms with Crippen molar-refractivity contribution in [1.82, 2.24) is 4.90 Å². The van der Waals surface area contributed by atoms with Gasteiger partial charge in [-0.2, -0.15) is 0 Å². The van der Waals surface area contributed by atoms with Crippen LogP contribution in [0.2, 0.25) is 0 Å². The Morgan fingerprint density at radius 2 is 2.15 bits per heavy atom. The number of amides is 2. The normalized spacial score (nSPS) is 21.1. The second-order valence-corrected chi connectivity index (χ2v) is 5.34. The Labute approximate surface area is 117 Å². The van der Waals surface area contributed by atoms with E-state index in [-0.39, 0.29) is 11.8 Å². The van der Waals surface area contributed by atoms with Crippen molar-refractivity contribution in [3.63, 3.8) is 0 Å². The third-order valence-corrected chi connectivity index (χ3v) is 3.79. The third kappa shape index (κ3) is 2.48. The molecule has 1 saturated heterocycles. The van der Waals surface area contributed by atoms with Crippen LogP contribution in [-0.4, -0.2) is 35.9 Å². The number of carbonyl (C=O) groups is 2. The quantitative estimate of drug-likeness (QED) is 0.890. The van der Waals surface area contributed by atoms with Crippen LogP contribution in [-0.2, 0) is 16.0 Å². The van der Waals surface area contributed by atoms with Gasteiger partial charge in [0.15, 0.2) is 6.10 Å². The predicted octanol–water partition coefficient (Wildman–Crippen LogP) is 1.57. The Morgan fingerprint density at radius 3 is 2.90 bits per heavy atom. The summed E-state index contributed by atoms with van der Waals surface area (Å²) >= 11 is 0. The van der Waals surface area contributed by atoms with Gasteiger partial charge in [0.1, 0.15) is 5.75 Å². The highest BCUT2D eigenvalue weighted by Crippen LogP contribution is 2.30. The second-order valence-electron chi connectivity index (χ2n) is 5.34. The number of benzene rings is 1. The first-order valence-electron chi connectivity index (χ1n) is 7.02. The molecule has 5 heteroatoms. The zero-order valence-electron chi connectivity index (χ0n) is 11.5. The van der Waals surface area contributed by atoms with E-state index in [1.54, 1.807) is 6.92 Å². The van der Waals surface area contributed by atoms with Crippen LogP contribution >= 0.6 is 0 Å². The largest absolute Gasteiger partial charge is 0.479 e. The van der Waals surface area contributed by atoms with E-state index in [4.69, 9.17) is 4.74 Å². The van der Waals surface area contributed by atoms with Gasteiger partial charge in [-0.15, -0.1) is 0 Å². The van der Waals surface area contributed by atoms with Crippen molar-refractivity contribution >= 4 is 17.5 Å². The summed E-state index contributed by atoms with van der Waals surface area (Å²) in [6.45, 7) is 3.44. The summed E-state index contributed by atoms with van der Waals surface area (Å²) in [6, 6.07) is 5.53. The molecule has 20 heavy (non-hydrogen) atoms. The average molecular weight is 274 g/mol. The first-order chi connectivity index (χ1) is 9.63. The highest BCUT2D eigenvalue weighted by atomic mass is 16.5. The maximum absolute atomic E-state index is 12.1. The number of carbonyl (C=O) groups excluding carboxylic acids is 2. The van der Waals surface area contributed by atoms with E-state index in [9.17, 15) is 9.59 Å². The fourth-order valence-corrected chi connectivity index (χ4v) is 2.62. The lowest BCUT2D eigenvalue weighted by molar-refractivity contribution is -0.129. The number of nitrogens with zero attached hydrogens (tertiary/aromatic N) is 1. The van der Waals surface area contributed by atoms with Crippen molar-refractivity contribution in [1.29, 1.82) is 0 Å². The lowest BCUT2D eigenvalue weighted by Crippen LogP contribution is -2.34. The molecule has 1 aromatic rings. The minimum atomic E-state index is -0.473. The van der Waals surface area contributed by atoms with Gasteiger partial charge in [-0.25, -0.2) is 0 Å². The zero-order chi connectivity index (χ0) is 14.1. The lowest BCUT2D eigenvalue weighted by Gasteiger charge is -2.24. The van der Waals surface area contributed by atoms with Crippen LogP contribution in [0.3, 0.4) is 0 Å². The van der Waals surface area contributed by atoms with Gasteiger partial charge in [0.2, 0.25) is 5.91 Å². The molecular formula is C15H18N2O3. The number of anilines is 1. The molecule has 1 N–H and O–H groups in total. The van der Waals surface area contributed by atoms with E-state index < -0.39 is 6.10 Å². The lowest BCUT2D eigenvalue weighted by atomic mass is 10.1. The topological polar surface area (TPSA) is 58.6 Å². The van der Waals surface area contributed by atoms with Crippen molar-refractivity contribution in [2.75, 3.05) is 18.4 Å². The van der Waals surface area contributed by atoms with Crippen molar-refractivity contribution < 1.29 is 14.3 Å². The number of fused-ring (bicyclic) bond motifs is 1. The van der Waals surface area contributed by atoms with Crippen LogP contribution in [0, 0.1) is 0 Å². The number of hydrogen-bond acceptors (Lipinski definition) is 3. The number of ether oxygens (including phenoxy) is 1. The molecule has 2 aliphatic rings. The second kappa shape index (κ2) is 5.15. The summed E-state index contributed by atoms with van der Waals surface area (Å²) in [6.07, 6.45) is 2.09. The summed E-state index contributed by atoms with van der Waals surface area (Å²) in [7, 11) is 0. The molecule has 0 spiro atoms. The van der Waals surface area contributed by atoms with Gasteiger partial charge in [0, 0.05) is 13.1 Å². The van der Waals surface area contributed by atoms with Crippen LogP contribution in [0.1, 0.15) is 25.3 Å². The molecule has 5 nitrogen and oxygen atoms in total. The van der Waals surface area contributed by atoms with Crippen molar-refractivity contribution in [3.8, 4) is 5.75 Å². The molecule has 1 atom stereocenters. The van der Waals surface area contributed by atoms with E-state index >= 15 is 0 Å². The van der Waals surface area contributed by atoms with E-state index in [0.29, 0.717) is 17.9 Å². The minimum Gasteiger partial charge on any atom is -0.479 e. The maximum Gasteiger partial charge on any atom is 0.265 e. The third-order valence-electron chi connectivity index (χ3n) is 3.79. The Balaban J connectivity index is 1.74. The number of nitrogens with one attached hydrogen (secondary N) is 1. The van der Waals surface area contributed by atoms with Gasteiger partial charge in [0.05, 0.1) is 12.1 Å². The van der Waals surface area contributed by atoms with E-state index in [0.717, 1.165) is 31.5 Å². The number of likely N-dealkylation sites (tertiary alicyclic amines) is 1. The van der Waals surface area contributed by atoms with Crippen molar-refractivity contribution in [3.05, 3.63) is 23.8 Å². The molecule has 0 radical (unpaired) electrons. The fourth-order valence-electron chi connectivity index (χ4n) is 2.62. The van der Waals surface area contributed by atoms with Gasteiger partial charge >= 0.3 is 0 Å². The Hall–Kier alpha value is -2.04. The predicted molar refractivity (Wildman–Crippen MR) is 74.7 cm³/mol. The molecule has 3 rings (SSSR count). The van der Waals surface area contributed by atoms with E-state index in [2.05, 4.69) is 5.32 Å². The zero-order valence-corrected chi connectivity index (χ0v) is 11.5. The molecule has 2 amide bonds. The van der Waals surface area contributed by atoms with Crippen molar-refractivity contribution in [2.24, 2.45) is 0 Å². The highest BCUT2D eigenvalue weighted by Gasteiger charge is 2.24. The SMILES string of the molecule is CC1Oc2ccc(CC(=O)N3CCCC3)cc2NC1=O. The fraction of sp³-hybridized carbons (Fsp3) is 0.467. The van der Waals surface area contributed by atoms with Crippen LogP contribution in [0.4, 0.5) is 5.69 Å². The smallest absolute Gasteiger partial charge is 0.265 e. The monoisotopic (exact) mass is 274 g/mol. The summed E-state index contributed by atoms with van der Waals surface area (Å²) < 4.78 is 5.50. The molecule has 0 aliphatic carbocycles. The van der Waals surface area contributed by atoms with E-state index in [1.165, 1.54) is 0 Å². The molecule has 2 heterocycles. The molecule has 106 valence electrons. The van der Waals surface area contributed by atoms with Gasteiger partial charge in [-0.3, -0.25) is 9.59 Å². The molecule has 1 fully saturated rings. The minimum absolute atomic E-state index is 0.152. The Bertz CT molecular complexity index is 550. The molecule has 1 unspecified atom stereocenters. The number of rotatable bonds is 2. The van der Waals surface area contributed by atoms with Gasteiger partial charge in [-0.1, -0.05) is 6.07 Å². The molecular weight excluding hydrogens is 256 g/mol. The molecule has 0 bridgehead atoms. The van der Waals surface area contributed by atoms with Gasteiger partial charge in [-0.05, 0) is 37.5 Å². The average Bonchev–Trinajstić information content (AvgIpc) is 2.94. The number of hydrogen-bond donors (Lipinski definition) is 1. The molecule has 2 aliphatic heterocycles. The molecule has 0 saturated carbocycles. The summed E-state index contributed by atoms with van der Waals surface area (Å²) in [5.41, 5.74) is 1.55. The first-order valence-corrected chi connectivity index (χ1v) is 7.02. The Morgan fingerprint density at radius 1 is 1.40 bits per heavy atom. The van der Waals surface area contributed by atoms with Gasteiger partial charge < -0.3 is 15.0 Å². The maximum atomic E-state index is 12.1. The van der Waals surface area contributed by atoms with Crippen LogP contribution in [0.25, 0.3) is 0 Å². The van der Waals surface area contributed by atoms with Gasteiger partial charge in [0.25, 0.3) is 5.91 Å². The summed E-state index contributed by atoms with van der Waals surface area (Å²) in [5, 5.41) is 2.80. The summed E-state index contributed by atoms with van der Waals surface area (Å²) in [5.74, 6) is 0.661. The van der Waals surface area contributed by atoms with Crippen LogP contribution in [0.15, 0.2) is 18.2 Å². The highest BCUT2D eigenvalue weighted by molar-refractivity contribution is 5.97. The molecule has 0 aromatic heterocycles. The van der Waals surface area contributed by atoms with Crippen LogP contribution < -0.4 is 10.1 Å². The van der Waals surface area contributed by atoms with E-state index in [1.807, 2.05) is 23.1 Å². The first kappa shape index (κ1) is 13.0.